The molecule has 0 aliphatic carbocycles. The molecule has 0 saturated carbocycles. The molecular weight excluding hydrogens is 500 g/mol. The first-order chi connectivity index (χ1) is 19.6. The van der Waals surface area contributed by atoms with E-state index in [0.29, 0.717) is 25.9 Å². The maximum atomic E-state index is 12.5. The first-order valence-corrected chi connectivity index (χ1v) is 16.6. The van der Waals surface area contributed by atoms with Crippen LogP contribution in [0.2, 0.25) is 0 Å². The normalized spacial score (nSPS) is 13.2. The molecule has 0 aliphatic rings. The summed E-state index contributed by atoms with van der Waals surface area (Å²) in [5, 5.41) is 6.16. The average Bonchev–Trinajstić information content (AvgIpc) is 2.94. The van der Waals surface area contributed by atoms with Crippen molar-refractivity contribution in [3.05, 3.63) is 24.3 Å². The van der Waals surface area contributed by atoms with Crippen LogP contribution in [-0.2, 0) is 19.1 Å². The summed E-state index contributed by atoms with van der Waals surface area (Å²) in [6, 6.07) is 0. The fraction of sp³-hybridized carbons (Fsp3) is 0.824. The Hall–Kier alpha value is -1.66. The van der Waals surface area contributed by atoms with E-state index in [0.717, 1.165) is 51.4 Å². The van der Waals surface area contributed by atoms with Gasteiger partial charge in [0.25, 0.3) is 0 Å². The van der Waals surface area contributed by atoms with Gasteiger partial charge in [-0.1, -0.05) is 102 Å². The molecule has 2 N–H and O–H groups in total. The lowest BCUT2D eigenvalue weighted by Gasteiger charge is -2.27. The number of allylic oxidation sites excluding steroid dienone is 4. The number of carbonyl (C=O) groups is 2. The van der Waals surface area contributed by atoms with Gasteiger partial charge in [-0.2, -0.15) is 0 Å². The van der Waals surface area contributed by atoms with Gasteiger partial charge in [0.05, 0.1) is 0 Å². The Morgan fingerprint density at radius 1 is 0.525 bits per heavy atom. The predicted molar refractivity (Wildman–Crippen MR) is 170 cm³/mol. The van der Waals surface area contributed by atoms with Crippen LogP contribution in [0, 0.1) is 0 Å². The van der Waals surface area contributed by atoms with Crippen molar-refractivity contribution >= 4 is 11.9 Å². The fourth-order valence-corrected chi connectivity index (χ4v) is 4.59. The van der Waals surface area contributed by atoms with E-state index in [1.165, 1.54) is 64.2 Å². The van der Waals surface area contributed by atoms with E-state index in [-0.39, 0.29) is 11.9 Å². The third kappa shape index (κ3) is 25.3. The zero-order chi connectivity index (χ0) is 29.5. The van der Waals surface area contributed by atoms with Crippen LogP contribution in [0.5, 0.6) is 0 Å². The molecule has 0 rings (SSSR count). The van der Waals surface area contributed by atoms with Gasteiger partial charge in [0.15, 0.2) is 12.2 Å². The SMILES string of the molecule is CCCC/C=C\CCCCCCCC(=O)OC(CNC)C(CNC)OC(=O)CCCCCCC/C=C\CCCC. The third-order valence-corrected chi connectivity index (χ3v) is 7.08. The second-order valence-corrected chi connectivity index (χ2v) is 11.0. The Balaban J connectivity index is 4.18. The van der Waals surface area contributed by atoms with E-state index in [4.69, 9.17) is 9.47 Å². The monoisotopic (exact) mass is 564 g/mol. The molecule has 40 heavy (non-hydrogen) atoms. The Morgan fingerprint density at radius 3 is 1.20 bits per heavy atom. The Kier molecular flexibility index (Phi) is 29.0. The van der Waals surface area contributed by atoms with Crippen molar-refractivity contribution in [2.45, 2.75) is 154 Å². The van der Waals surface area contributed by atoms with E-state index in [1.807, 2.05) is 14.1 Å². The van der Waals surface area contributed by atoms with Crippen LogP contribution >= 0.6 is 0 Å². The predicted octanol–water partition coefficient (Wildman–Crippen LogP) is 8.20. The van der Waals surface area contributed by atoms with Gasteiger partial charge in [-0.25, -0.2) is 0 Å². The lowest BCUT2D eigenvalue weighted by atomic mass is 10.1. The van der Waals surface area contributed by atoms with Crippen molar-refractivity contribution in [3.63, 3.8) is 0 Å². The van der Waals surface area contributed by atoms with Gasteiger partial charge in [0.2, 0.25) is 0 Å². The number of likely N-dealkylation sites (N-methyl/N-ethyl adjacent to an activating group) is 2. The third-order valence-electron chi connectivity index (χ3n) is 7.08. The molecule has 0 aromatic heterocycles. The van der Waals surface area contributed by atoms with E-state index in [1.54, 1.807) is 0 Å². The van der Waals surface area contributed by atoms with Crippen molar-refractivity contribution in [2.75, 3.05) is 27.2 Å². The summed E-state index contributed by atoms with van der Waals surface area (Å²) in [6.45, 7) is 5.34. The Labute approximate surface area is 247 Å². The van der Waals surface area contributed by atoms with Crippen molar-refractivity contribution < 1.29 is 19.1 Å². The first kappa shape index (κ1) is 38.3. The zero-order valence-corrected chi connectivity index (χ0v) is 26.7. The van der Waals surface area contributed by atoms with Crippen molar-refractivity contribution in [3.8, 4) is 0 Å². The lowest BCUT2D eigenvalue weighted by molar-refractivity contribution is -0.167. The van der Waals surface area contributed by atoms with Crippen LogP contribution in [0.25, 0.3) is 0 Å². The molecule has 0 fully saturated rings. The van der Waals surface area contributed by atoms with Crippen molar-refractivity contribution in [1.29, 1.82) is 0 Å². The molecule has 0 aromatic rings. The summed E-state index contributed by atoms with van der Waals surface area (Å²) in [4.78, 5) is 25.1. The quantitative estimate of drug-likeness (QED) is 0.0542. The highest BCUT2D eigenvalue weighted by molar-refractivity contribution is 5.70. The molecule has 2 atom stereocenters. The highest BCUT2D eigenvalue weighted by Crippen LogP contribution is 2.13. The summed E-state index contributed by atoms with van der Waals surface area (Å²) >= 11 is 0. The molecule has 0 spiro atoms. The molecule has 0 aromatic carbocycles. The minimum Gasteiger partial charge on any atom is -0.457 e. The Morgan fingerprint density at radius 2 is 0.850 bits per heavy atom. The zero-order valence-electron chi connectivity index (χ0n) is 26.7. The number of hydrogen-bond acceptors (Lipinski definition) is 6. The van der Waals surface area contributed by atoms with Gasteiger partial charge in [-0.3, -0.25) is 9.59 Å². The smallest absolute Gasteiger partial charge is 0.306 e. The van der Waals surface area contributed by atoms with Gasteiger partial charge in [0.1, 0.15) is 0 Å². The molecule has 6 nitrogen and oxygen atoms in total. The highest BCUT2D eigenvalue weighted by Gasteiger charge is 2.27. The molecule has 2 unspecified atom stereocenters. The largest absolute Gasteiger partial charge is 0.457 e. The molecule has 0 saturated heterocycles. The number of unbranched alkanes of at least 4 members (excludes halogenated alkanes) is 14. The lowest BCUT2D eigenvalue weighted by Crippen LogP contribution is -2.46. The van der Waals surface area contributed by atoms with Crippen LogP contribution in [0.1, 0.15) is 142 Å². The maximum Gasteiger partial charge on any atom is 0.306 e. The van der Waals surface area contributed by atoms with Gasteiger partial charge in [0, 0.05) is 25.9 Å². The molecule has 0 aliphatic heterocycles. The van der Waals surface area contributed by atoms with Crippen LogP contribution < -0.4 is 10.6 Å². The minimum absolute atomic E-state index is 0.212. The van der Waals surface area contributed by atoms with Crippen LogP contribution in [-0.4, -0.2) is 51.3 Å². The molecule has 0 heterocycles. The summed E-state index contributed by atoms with van der Waals surface area (Å²) in [6.07, 6.45) is 29.6. The number of hydrogen-bond donors (Lipinski definition) is 2. The molecular formula is C34H64N2O4. The van der Waals surface area contributed by atoms with Gasteiger partial charge in [-0.05, 0) is 65.5 Å². The molecule has 6 heteroatoms. The van der Waals surface area contributed by atoms with E-state index >= 15 is 0 Å². The molecule has 234 valence electrons. The summed E-state index contributed by atoms with van der Waals surface area (Å²) in [7, 11) is 3.64. The van der Waals surface area contributed by atoms with E-state index in [9.17, 15) is 9.59 Å². The van der Waals surface area contributed by atoms with Gasteiger partial charge < -0.3 is 20.1 Å². The first-order valence-electron chi connectivity index (χ1n) is 16.6. The Bertz CT molecular complexity index is 581. The topological polar surface area (TPSA) is 76.7 Å². The van der Waals surface area contributed by atoms with Crippen LogP contribution in [0.4, 0.5) is 0 Å². The molecule has 0 radical (unpaired) electrons. The fourth-order valence-electron chi connectivity index (χ4n) is 4.59. The maximum absolute atomic E-state index is 12.5. The summed E-state index contributed by atoms with van der Waals surface area (Å²) in [5.41, 5.74) is 0. The summed E-state index contributed by atoms with van der Waals surface area (Å²) in [5.74, 6) is -0.423. The van der Waals surface area contributed by atoms with Crippen molar-refractivity contribution in [2.24, 2.45) is 0 Å². The minimum atomic E-state index is -0.501. The average molecular weight is 565 g/mol. The second kappa shape index (κ2) is 30.3. The number of nitrogens with one attached hydrogen (secondary N) is 2. The molecule has 0 bridgehead atoms. The summed E-state index contributed by atoms with van der Waals surface area (Å²) < 4.78 is 11.6. The second-order valence-electron chi connectivity index (χ2n) is 11.0. The van der Waals surface area contributed by atoms with Gasteiger partial charge >= 0.3 is 11.9 Å². The number of carbonyl (C=O) groups excluding carboxylic acids is 2. The van der Waals surface area contributed by atoms with E-state index < -0.39 is 12.2 Å². The van der Waals surface area contributed by atoms with Crippen molar-refractivity contribution in [1.82, 2.24) is 10.6 Å². The molecule has 0 amide bonds. The van der Waals surface area contributed by atoms with Crippen LogP contribution in [0.3, 0.4) is 0 Å². The highest BCUT2D eigenvalue weighted by atomic mass is 16.6. The number of ether oxygens (including phenoxy) is 2. The van der Waals surface area contributed by atoms with Crippen LogP contribution in [0.15, 0.2) is 24.3 Å². The van der Waals surface area contributed by atoms with E-state index in [2.05, 4.69) is 48.8 Å². The number of rotatable bonds is 29. The standard InChI is InChI=1S/C34H64N2O4/c1-5-7-9-11-13-15-17-19-21-23-25-27-33(37)39-31(29-35-3)32(30-36-4)40-34(38)28-26-24-22-20-18-16-14-12-10-8-6-2/h11-14,31-32,35-36H,5-10,15-30H2,1-4H3/b13-11-,14-12-. The van der Waals surface area contributed by atoms with Gasteiger partial charge in [-0.15, -0.1) is 0 Å². The number of esters is 2.